The third kappa shape index (κ3) is 9.87. The highest BCUT2D eigenvalue weighted by atomic mass is 79.9. The molecule has 9 heteroatoms. The maximum Gasteiger partial charge on any atom is 0.345 e. The molecular weight excluding hydrogens is 821 g/mol. The zero-order valence-corrected chi connectivity index (χ0v) is 40.1. The van der Waals surface area contributed by atoms with Crippen LogP contribution in [-0.4, -0.2) is 54.6 Å². The number of benzene rings is 3. The highest BCUT2D eigenvalue weighted by Crippen LogP contribution is 2.51. The minimum absolute atomic E-state index is 0.0338. The smallest absolute Gasteiger partial charge is 0.345 e. The molecule has 0 radical (unpaired) electrons. The summed E-state index contributed by atoms with van der Waals surface area (Å²) < 4.78 is 33.7. The maximum atomic E-state index is 14.1. The van der Waals surface area contributed by atoms with Gasteiger partial charge in [0.1, 0.15) is 11.9 Å². The third-order valence-electron chi connectivity index (χ3n) is 13.6. The number of allylic oxidation sites excluding steroid dienone is 2. The summed E-state index contributed by atoms with van der Waals surface area (Å²) in [7, 11) is -3.27. The maximum absolute atomic E-state index is 14.1. The van der Waals surface area contributed by atoms with E-state index in [0.29, 0.717) is 42.4 Å². The van der Waals surface area contributed by atoms with Gasteiger partial charge in [0.15, 0.2) is 8.32 Å². The Labute approximate surface area is 359 Å². The summed E-state index contributed by atoms with van der Waals surface area (Å²) >= 11 is 3.74. The Balaban J connectivity index is 1.27. The van der Waals surface area contributed by atoms with E-state index >= 15 is 0 Å². The molecule has 0 amide bonds. The van der Waals surface area contributed by atoms with E-state index in [-0.39, 0.29) is 52.1 Å². The number of cyclic esters (lactones) is 1. The van der Waals surface area contributed by atoms with Gasteiger partial charge in [-0.15, -0.1) is 0 Å². The van der Waals surface area contributed by atoms with Gasteiger partial charge < -0.3 is 23.1 Å². The molecule has 6 rings (SSSR count). The van der Waals surface area contributed by atoms with Crippen LogP contribution in [-0.2, 0) is 29.7 Å². The van der Waals surface area contributed by atoms with Gasteiger partial charge in [-0.3, -0.25) is 0 Å². The number of hydrogen-bond donors (Lipinski definition) is 0. The average Bonchev–Trinajstić information content (AvgIpc) is 3.50. The predicted octanol–water partition coefficient (Wildman–Crippen LogP) is 11.0. The first-order valence-electron chi connectivity index (χ1n) is 21.4. The van der Waals surface area contributed by atoms with Crippen molar-refractivity contribution < 1.29 is 27.9 Å². The summed E-state index contributed by atoms with van der Waals surface area (Å²) in [6, 6.07) is 29.6. The Kier molecular flexibility index (Phi) is 14.2. The second kappa shape index (κ2) is 18.4. The molecule has 0 bridgehead atoms. The summed E-state index contributed by atoms with van der Waals surface area (Å²) in [6.45, 7) is 21.8. The minimum Gasteiger partial charge on any atom is -0.497 e. The van der Waals surface area contributed by atoms with Gasteiger partial charge in [-0.25, -0.2) is 4.79 Å². The zero-order chi connectivity index (χ0) is 41.9. The van der Waals surface area contributed by atoms with Gasteiger partial charge in [0.2, 0.25) is 0 Å². The van der Waals surface area contributed by atoms with Crippen LogP contribution in [0.15, 0.2) is 108 Å². The summed E-state index contributed by atoms with van der Waals surface area (Å²) in [5.41, 5.74) is 1.13. The van der Waals surface area contributed by atoms with Crippen LogP contribution in [0.25, 0.3) is 0 Å². The van der Waals surface area contributed by atoms with Crippen molar-refractivity contribution in [3.8, 4) is 5.75 Å². The number of carbonyl (C=O) groups excluding carboxylic acids is 1. The topological polar surface area (TPSA) is 63.2 Å². The molecule has 0 unspecified atom stereocenters. The van der Waals surface area contributed by atoms with E-state index in [9.17, 15) is 4.79 Å². The van der Waals surface area contributed by atoms with Gasteiger partial charge in [0, 0.05) is 31.5 Å². The monoisotopic (exact) mass is 886 g/mol. The van der Waals surface area contributed by atoms with Gasteiger partial charge in [-0.1, -0.05) is 139 Å². The van der Waals surface area contributed by atoms with Crippen molar-refractivity contribution in [3.05, 3.63) is 113 Å². The van der Waals surface area contributed by atoms with Gasteiger partial charge in [-0.2, -0.15) is 0 Å². The fourth-order valence-electron chi connectivity index (χ4n) is 9.56. The van der Waals surface area contributed by atoms with E-state index in [1.54, 1.807) is 7.11 Å². The normalized spacial score (nSPS) is 27.8. The molecule has 1 saturated carbocycles. The van der Waals surface area contributed by atoms with Crippen molar-refractivity contribution in [1.82, 2.24) is 0 Å². The second-order valence-corrected chi connectivity index (χ2v) is 29.4. The van der Waals surface area contributed by atoms with Gasteiger partial charge >= 0.3 is 5.97 Å². The number of carbonyl (C=O) groups is 1. The molecule has 1 aliphatic heterocycles. The Morgan fingerprint density at radius 3 is 1.98 bits per heavy atom. The van der Waals surface area contributed by atoms with Gasteiger partial charge in [0.05, 0.1) is 24.3 Å². The van der Waals surface area contributed by atoms with Gasteiger partial charge in [-0.05, 0) is 104 Å². The van der Waals surface area contributed by atoms with Crippen LogP contribution in [0, 0.1) is 29.6 Å². The molecule has 1 fully saturated rings. The Morgan fingerprint density at radius 1 is 0.793 bits per heavy atom. The minimum atomic E-state index is -2.77. The van der Waals surface area contributed by atoms with Crippen LogP contribution < -0.4 is 15.1 Å². The van der Waals surface area contributed by atoms with Gasteiger partial charge in [0.25, 0.3) is 8.32 Å². The summed E-state index contributed by atoms with van der Waals surface area (Å²) in [5, 5.41) is 2.36. The molecule has 8 atom stereocenters. The molecule has 3 aromatic rings. The molecule has 0 spiro atoms. The molecule has 3 aliphatic rings. The van der Waals surface area contributed by atoms with Crippen LogP contribution in [0.5, 0.6) is 5.75 Å². The number of ether oxygens (including phenoxy) is 3. The van der Waals surface area contributed by atoms with E-state index < -0.39 is 16.6 Å². The van der Waals surface area contributed by atoms with Crippen LogP contribution >= 0.6 is 15.9 Å². The first kappa shape index (κ1) is 44.7. The average molecular weight is 888 g/mol. The van der Waals surface area contributed by atoms with E-state index in [2.05, 4.69) is 169 Å². The van der Waals surface area contributed by atoms with Crippen molar-refractivity contribution in [2.75, 3.05) is 13.7 Å². The molecule has 0 saturated heterocycles. The molecule has 0 N–H and O–H groups in total. The number of hydrogen-bond acceptors (Lipinski definition) is 6. The highest BCUT2D eigenvalue weighted by molar-refractivity contribution is 9.12. The summed E-state index contributed by atoms with van der Waals surface area (Å²) in [6.07, 6.45) is 9.75. The number of fused-ring (bicyclic) bond motifs is 3. The van der Waals surface area contributed by atoms with Crippen molar-refractivity contribution in [3.63, 3.8) is 0 Å². The lowest BCUT2D eigenvalue weighted by Gasteiger charge is -2.44. The van der Waals surface area contributed by atoms with Crippen LogP contribution in [0.3, 0.4) is 0 Å². The van der Waals surface area contributed by atoms with Crippen LogP contribution in [0.4, 0.5) is 0 Å². The quantitative estimate of drug-likeness (QED) is 0.103. The standard InChI is InChI=1S/C49H67BrO6Si2/c1-34-29-44-42(46(34)53-33-35-21-24-37(52-8)25-22-35)26-23-36-30-39(56-57(9,10)48(2,3)4)31-38(55-47(51)45(50)32-43(36)44)27-28-54-58(49(5,6)7,40-17-13-11-14-18-40)41-19-15-12-16-20-41/h11-26,32,34,36,38-39,42-44,46H,27-31,33H2,1-10H3/b45-32+/t34-,36+,38+,39+,42-,43-,44-,46-/m1/s1. The number of methoxy groups -OCH3 is 1. The van der Waals surface area contributed by atoms with E-state index in [1.807, 2.05) is 12.1 Å². The molecule has 2 aliphatic carbocycles. The van der Waals surface area contributed by atoms with Crippen molar-refractivity contribution in [2.24, 2.45) is 29.6 Å². The Morgan fingerprint density at radius 2 is 1.41 bits per heavy atom. The molecular formula is C49H67BrO6Si2. The van der Waals surface area contributed by atoms with E-state index in [0.717, 1.165) is 24.2 Å². The lowest BCUT2D eigenvalue weighted by molar-refractivity contribution is -0.145. The lowest BCUT2D eigenvalue weighted by atomic mass is 9.69. The molecule has 58 heavy (non-hydrogen) atoms. The highest BCUT2D eigenvalue weighted by Gasteiger charge is 2.51. The number of rotatable bonds is 12. The summed E-state index contributed by atoms with van der Waals surface area (Å²) in [5.74, 6) is 1.88. The first-order chi connectivity index (χ1) is 27.4. The molecule has 3 aromatic carbocycles. The number of halogens is 1. The lowest BCUT2D eigenvalue weighted by Crippen LogP contribution is -2.66. The largest absolute Gasteiger partial charge is 0.497 e. The molecule has 314 valence electrons. The molecule has 1 heterocycles. The Hall–Kier alpha value is -2.80. The van der Waals surface area contributed by atoms with Crippen molar-refractivity contribution >= 4 is 48.9 Å². The van der Waals surface area contributed by atoms with E-state index in [4.69, 9.17) is 23.1 Å². The Bertz CT molecular complexity index is 1830. The fraction of sp³-hybridized carbons (Fsp3) is 0.531. The SMILES string of the molecule is COc1ccc(CO[C@H]2[C@@H]3C=C[C@H]4C[C@H](O[Si](C)(C)C(C)(C)C)C[C@H](CCO[Si](c5ccccc5)(c5ccccc5)C(C)(C)C)OC(=O)/C(Br)=C\[C@H]4[C@@H]3C[C@H]2C)cc1. The fourth-order valence-corrected chi connectivity index (χ4v) is 15.9. The molecule has 6 nitrogen and oxygen atoms in total. The zero-order valence-electron chi connectivity index (χ0n) is 36.5. The second-order valence-electron chi connectivity index (χ2n) is 19.5. The first-order valence-corrected chi connectivity index (χ1v) is 27.0. The number of esters is 1. The third-order valence-corrected chi connectivity index (χ3v) is 23.7. The molecule has 0 aromatic heterocycles. The van der Waals surface area contributed by atoms with Crippen LogP contribution in [0.2, 0.25) is 23.2 Å². The van der Waals surface area contributed by atoms with Crippen molar-refractivity contribution in [1.29, 1.82) is 0 Å². The van der Waals surface area contributed by atoms with Crippen LogP contribution in [0.1, 0.15) is 79.7 Å². The van der Waals surface area contributed by atoms with Crippen molar-refractivity contribution in [2.45, 2.75) is 122 Å². The van der Waals surface area contributed by atoms with E-state index in [1.165, 1.54) is 10.4 Å². The summed E-state index contributed by atoms with van der Waals surface area (Å²) in [4.78, 5) is 14.1. The predicted molar refractivity (Wildman–Crippen MR) is 245 cm³/mol.